The third kappa shape index (κ3) is 2.49. The molecule has 1 saturated heterocycles. The first-order valence-corrected chi connectivity index (χ1v) is 6.49. The van der Waals surface area contributed by atoms with Gasteiger partial charge >= 0.3 is 0 Å². The molecule has 3 rings (SSSR count). The highest BCUT2D eigenvalue weighted by molar-refractivity contribution is 5.33. The monoisotopic (exact) mass is 248 g/mol. The summed E-state index contributed by atoms with van der Waals surface area (Å²) >= 11 is 0. The van der Waals surface area contributed by atoms with E-state index >= 15 is 0 Å². The molecule has 0 saturated carbocycles. The molecule has 3 N–H and O–H groups in total. The number of nitrogens with one attached hydrogen (secondary N) is 1. The molecule has 0 aromatic carbocycles. The first-order valence-electron chi connectivity index (χ1n) is 6.49. The van der Waals surface area contributed by atoms with Gasteiger partial charge in [-0.15, -0.1) is 0 Å². The van der Waals surface area contributed by atoms with Crippen molar-refractivity contribution < 1.29 is 4.74 Å². The molecular weight excluding hydrogens is 228 g/mol. The van der Waals surface area contributed by atoms with Crippen molar-refractivity contribution in [2.45, 2.75) is 12.1 Å². The maximum absolute atomic E-state index is 6.38. The van der Waals surface area contributed by atoms with Crippen molar-refractivity contribution in [3.05, 3.63) is 36.2 Å². The predicted octanol–water partition coefficient (Wildman–Crippen LogP) is 0.151. The minimum Gasteiger partial charge on any atom is -0.379 e. The van der Waals surface area contributed by atoms with Crippen LogP contribution in [0.4, 0.5) is 0 Å². The van der Waals surface area contributed by atoms with Crippen LogP contribution in [0.1, 0.15) is 6.42 Å². The van der Waals surface area contributed by atoms with E-state index in [0.717, 1.165) is 45.0 Å². The van der Waals surface area contributed by atoms with E-state index in [1.807, 2.05) is 23.4 Å². The Balaban J connectivity index is 1.57. The maximum Gasteiger partial charge on any atom is 0.107 e. The third-order valence-corrected chi connectivity index (χ3v) is 3.57. The van der Waals surface area contributed by atoms with Crippen LogP contribution in [0.25, 0.3) is 0 Å². The van der Waals surface area contributed by atoms with E-state index in [1.165, 1.54) is 0 Å². The molecule has 0 spiro atoms. The standard InChI is InChI=1S/C13H20N4O/c14-13(4-6-16-7-9-18-10-8-16)11-12-3-1-2-5-17(12)15-13/h1-3,5,11,15H,4,6-10,14H2. The molecular formula is C13H20N4O. The summed E-state index contributed by atoms with van der Waals surface area (Å²) in [5.41, 5.74) is 10.4. The lowest BCUT2D eigenvalue weighted by Gasteiger charge is -2.31. The Morgan fingerprint density at radius 2 is 2.17 bits per heavy atom. The summed E-state index contributed by atoms with van der Waals surface area (Å²) in [6.45, 7) is 4.69. The summed E-state index contributed by atoms with van der Waals surface area (Å²) in [7, 11) is 0. The third-order valence-electron chi connectivity index (χ3n) is 3.57. The molecule has 1 unspecified atom stereocenters. The van der Waals surface area contributed by atoms with Crippen LogP contribution < -0.4 is 11.2 Å². The van der Waals surface area contributed by atoms with Crippen LogP contribution in [0.3, 0.4) is 0 Å². The molecule has 1 fully saturated rings. The predicted molar refractivity (Wildman–Crippen MR) is 70.1 cm³/mol. The number of hydrogen-bond acceptors (Lipinski definition) is 5. The molecule has 0 amide bonds. The quantitative estimate of drug-likeness (QED) is 0.745. The van der Waals surface area contributed by atoms with Gasteiger partial charge in [0.25, 0.3) is 0 Å². The van der Waals surface area contributed by atoms with Crippen molar-refractivity contribution in [2.75, 3.05) is 32.8 Å². The van der Waals surface area contributed by atoms with Gasteiger partial charge in [0.15, 0.2) is 0 Å². The smallest absolute Gasteiger partial charge is 0.107 e. The molecule has 0 radical (unpaired) electrons. The molecule has 3 aliphatic heterocycles. The van der Waals surface area contributed by atoms with E-state index < -0.39 is 5.66 Å². The van der Waals surface area contributed by atoms with Crippen molar-refractivity contribution in [3.8, 4) is 0 Å². The zero-order valence-electron chi connectivity index (χ0n) is 10.5. The fourth-order valence-electron chi connectivity index (χ4n) is 2.49. The summed E-state index contributed by atoms with van der Waals surface area (Å²) in [6, 6.07) is 0. The fraction of sp³-hybridized carbons (Fsp3) is 0.538. The Hall–Kier alpha value is -1.14. The number of nitrogens with zero attached hydrogens (tertiary/aromatic N) is 2. The molecule has 1 atom stereocenters. The van der Waals surface area contributed by atoms with Gasteiger partial charge in [-0.2, -0.15) is 0 Å². The van der Waals surface area contributed by atoms with Gasteiger partial charge in [0.1, 0.15) is 5.66 Å². The van der Waals surface area contributed by atoms with E-state index in [0.29, 0.717) is 0 Å². The molecule has 3 aliphatic rings. The van der Waals surface area contributed by atoms with Crippen molar-refractivity contribution in [2.24, 2.45) is 5.73 Å². The van der Waals surface area contributed by atoms with Crippen LogP contribution in [-0.2, 0) is 4.74 Å². The van der Waals surface area contributed by atoms with E-state index in [4.69, 9.17) is 10.5 Å². The van der Waals surface area contributed by atoms with E-state index in [1.54, 1.807) is 0 Å². The SMILES string of the molecule is NC1(CCN2CCOCC2)C=C2C=CC=CN2N1. The summed E-state index contributed by atoms with van der Waals surface area (Å²) in [5, 5.41) is 1.99. The second-order valence-electron chi connectivity index (χ2n) is 5.00. The molecule has 18 heavy (non-hydrogen) atoms. The van der Waals surface area contributed by atoms with Crippen molar-refractivity contribution in [1.82, 2.24) is 15.3 Å². The molecule has 3 heterocycles. The van der Waals surface area contributed by atoms with Gasteiger partial charge in [0, 0.05) is 25.8 Å². The van der Waals surface area contributed by atoms with Crippen molar-refractivity contribution in [1.29, 1.82) is 0 Å². The number of allylic oxidation sites excluding steroid dienone is 3. The van der Waals surface area contributed by atoms with Gasteiger partial charge < -0.3 is 10.5 Å². The van der Waals surface area contributed by atoms with Gasteiger partial charge in [0.05, 0.1) is 18.9 Å². The molecule has 5 heteroatoms. The molecule has 0 bridgehead atoms. The largest absolute Gasteiger partial charge is 0.379 e. The van der Waals surface area contributed by atoms with E-state index in [2.05, 4.69) is 22.5 Å². The minimum atomic E-state index is -0.438. The normalized spacial score (nSPS) is 31.6. The summed E-state index contributed by atoms with van der Waals surface area (Å²) in [5.74, 6) is 0. The summed E-state index contributed by atoms with van der Waals surface area (Å²) in [6.07, 6.45) is 11.1. The average molecular weight is 248 g/mol. The summed E-state index contributed by atoms with van der Waals surface area (Å²) in [4.78, 5) is 2.40. The zero-order chi connectivity index (χ0) is 12.4. The van der Waals surface area contributed by atoms with Crippen molar-refractivity contribution in [3.63, 3.8) is 0 Å². The van der Waals surface area contributed by atoms with Crippen molar-refractivity contribution >= 4 is 0 Å². The van der Waals surface area contributed by atoms with E-state index in [9.17, 15) is 0 Å². The second-order valence-corrected chi connectivity index (χ2v) is 5.00. The highest BCUT2D eigenvalue weighted by Gasteiger charge is 2.32. The fourth-order valence-corrected chi connectivity index (χ4v) is 2.49. The first kappa shape index (κ1) is 11.9. The Bertz CT molecular complexity index is 398. The molecule has 5 nitrogen and oxygen atoms in total. The number of hydrogen-bond donors (Lipinski definition) is 2. The number of fused-ring (bicyclic) bond motifs is 1. The Morgan fingerprint density at radius 3 is 2.94 bits per heavy atom. The lowest BCUT2D eigenvalue weighted by atomic mass is 10.1. The average Bonchev–Trinajstić information content (AvgIpc) is 2.74. The van der Waals surface area contributed by atoms with E-state index in [-0.39, 0.29) is 0 Å². The van der Waals surface area contributed by atoms with Crippen LogP contribution in [0, 0.1) is 0 Å². The van der Waals surface area contributed by atoms with Crippen LogP contribution in [0.2, 0.25) is 0 Å². The molecule has 0 aromatic heterocycles. The maximum atomic E-state index is 6.38. The number of nitrogens with two attached hydrogens (primary N) is 1. The Kier molecular flexibility index (Phi) is 3.22. The Morgan fingerprint density at radius 1 is 1.33 bits per heavy atom. The topological polar surface area (TPSA) is 53.8 Å². The van der Waals surface area contributed by atoms with Crippen LogP contribution in [-0.4, -0.2) is 48.4 Å². The van der Waals surface area contributed by atoms with Gasteiger partial charge in [-0.3, -0.25) is 9.91 Å². The van der Waals surface area contributed by atoms with Gasteiger partial charge in [-0.05, 0) is 24.6 Å². The Labute approximate surface area is 108 Å². The highest BCUT2D eigenvalue weighted by atomic mass is 16.5. The highest BCUT2D eigenvalue weighted by Crippen LogP contribution is 2.23. The number of rotatable bonds is 3. The van der Waals surface area contributed by atoms with Crippen LogP contribution >= 0.6 is 0 Å². The second kappa shape index (κ2) is 4.85. The lowest BCUT2D eigenvalue weighted by Crippen LogP contribution is -2.54. The van der Waals surface area contributed by atoms with Crippen LogP contribution in [0.5, 0.6) is 0 Å². The van der Waals surface area contributed by atoms with Gasteiger partial charge in [-0.25, -0.2) is 5.43 Å². The summed E-state index contributed by atoms with van der Waals surface area (Å²) < 4.78 is 5.35. The van der Waals surface area contributed by atoms with Gasteiger partial charge in [-0.1, -0.05) is 6.08 Å². The molecule has 98 valence electrons. The molecule has 0 aliphatic carbocycles. The van der Waals surface area contributed by atoms with Gasteiger partial charge in [0.2, 0.25) is 0 Å². The first-order chi connectivity index (χ1) is 8.75. The molecule has 0 aromatic rings. The minimum absolute atomic E-state index is 0.438. The number of hydrazine groups is 1. The lowest BCUT2D eigenvalue weighted by molar-refractivity contribution is 0.0340. The number of ether oxygens (including phenoxy) is 1. The zero-order valence-corrected chi connectivity index (χ0v) is 10.5. The number of morpholine rings is 1. The van der Waals surface area contributed by atoms with Crippen LogP contribution in [0.15, 0.2) is 36.2 Å².